The number of carboxylic acid groups (broad SMARTS) is 1. The lowest BCUT2D eigenvalue weighted by molar-refractivity contribution is -0.137. The van der Waals surface area contributed by atoms with Crippen LogP contribution in [-0.2, 0) is 4.79 Å². The lowest BCUT2D eigenvalue weighted by atomic mass is 9.88. The van der Waals surface area contributed by atoms with Gasteiger partial charge in [0.05, 0.1) is 0 Å². The molecule has 19 heavy (non-hydrogen) atoms. The molecule has 6 heteroatoms. The third-order valence-electron chi connectivity index (χ3n) is 3.13. The molecule has 0 aliphatic carbocycles. The first-order chi connectivity index (χ1) is 8.99. The molecule has 0 aliphatic rings. The van der Waals surface area contributed by atoms with E-state index < -0.39 is 5.97 Å². The predicted octanol–water partition coefficient (Wildman–Crippen LogP) is 3.07. The molecule has 0 saturated carbocycles. The monoisotopic (exact) mass is 285 g/mol. The number of halogens is 1. The minimum atomic E-state index is -0.734. The number of hydrogen-bond acceptors (Lipinski definition) is 4. The Kier molecular flexibility index (Phi) is 6.56. The minimum Gasteiger partial charge on any atom is -0.481 e. The average molecular weight is 286 g/mol. The van der Waals surface area contributed by atoms with Crippen LogP contribution in [0.2, 0.25) is 5.15 Å². The van der Waals surface area contributed by atoms with Gasteiger partial charge in [-0.2, -0.15) is 0 Å². The molecule has 0 spiro atoms. The van der Waals surface area contributed by atoms with Crippen molar-refractivity contribution < 1.29 is 9.90 Å². The van der Waals surface area contributed by atoms with Gasteiger partial charge in [-0.25, -0.2) is 0 Å². The molecule has 0 saturated heterocycles. The maximum Gasteiger partial charge on any atom is 0.303 e. The quantitative estimate of drug-likeness (QED) is 0.768. The van der Waals surface area contributed by atoms with Gasteiger partial charge in [0.25, 0.3) is 0 Å². The minimum absolute atomic E-state index is 0.226. The summed E-state index contributed by atoms with van der Waals surface area (Å²) in [7, 11) is 0. The fraction of sp³-hybridized carbons (Fsp3) is 0.615. The van der Waals surface area contributed by atoms with Crippen LogP contribution in [0.25, 0.3) is 0 Å². The number of hydrogen-bond donors (Lipinski definition) is 2. The Balaban J connectivity index is 2.35. The first-order valence-corrected chi connectivity index (χ1v) is 6.81. The number of nitrogens with one attached hydrogen (secondary N) is 1. The molecular formula is C13H20ClN3O2. The SMILES string of the molecule is CC(C)C(CCNc1ccc(Cl)nn1)CCC(=O)O. The molecule has 1 aromatic rings. The van der Waals surface area contributed by atoms with Gasteiger partial charge in [0.2, 0.25) is 0 Å². The summed E-state index contributed by atoms with van der Waals surface area (Å²) >= 11 is 5.65. The van der Waals surface area contributed by atoms with E-state index in [0.717, 1.165) is 13.0 Å². The average Bonchev–Trinajstić information content (AvgIpc) is 2.35. The molecule has 5 nitrogen and oxygen atoms in total. The lowest BCUT2D eigenvalue weighted by Crippen LogP contribution is -2.16. The van der Waals surface area contributed by atoms with Crippen LogP contribution in [0.4, 0.5) is 5.82 Å². The van der Waals surface area contributed by atoms with Gasteiger partial charge in [0.15, 0.2) is 5.15 Å². The summed E-state index contributed by atoms with van der Waals surface area (Å²) in [6.07, 6.45) is 1.85. The molecule has 0 bridgehead atoms. The lowest BCUT2D eigenvalue weighted by Gasteiger charge is -2.20. The van der Waals surface area contributed by atoms with E-state index in [-0.39, 0.29) is 6.42 Å². The molecule has 0 amide bonds. The topological polar surface area (TPSA) is 75.1 Å². The molecule has 0 aromatic carbocycles. The van der Waals surface area contributed by atoms with Crippen molar-refractivity contribution in [2.75, 3.05) is 11.9 Å². The number of carboxylic acids is 1. The van der Waals surface area contributed by atoms with E-state index in [9.17, 15) is 4.79 Å². The van der Waals surface area contributed by atoms with Crippen molar-refractivity contribution >= 4 is 23.4 Å². The highest BCUT2D eigenvalue weighted by Crippen LogP contribution is 2.21. The Morgan fingerprint density at radius 2 is 2.11 bits per heavy atom. The highest BCUT2D eigenvalue weighted by molar-refractivity contribution is 6.29. The molecule has 1 unspecified atom stereocenters. The van der Waals surface area contributed by atoms with Gasteiger partial charge in [-0.15, -0.1) is 10.2 Å². The van der Waals surface area contributed by atoms with Crippen molar-refractivity contribution in [1.29, 1.82) is 0 Å². The molecule has 1 heterocycles. The number of carbonyl (C=O) groups is 1. The van der Waals surface area contributed by atoms with Gasteiger partial charge >= 0.3 is 5.97 Å². The number of anilines is 1. The fourth-order valence-corrected chi connectivity index (χ4v) is 2.02. The van der Waals surface area contributed by atoms with Crippen LogP contribution in [0.3, 0.4) is 0 Å². The largest absolute Gasteiger partial charge is 0.481 e. The van der Waals surface area contributed by atoms with Crippen molar-refractivity contribution in [2.24, 2.45) is 11.8 Å². The molecule has 1 rings (SSSR count). The van der Waals surface area contributed by atoms with E-state index in [2.05, 4.69) is 29.4 Å². The van der Waals surface area contributed by atoms with Crippen LogP contribution in [0.1, 0.15) is 33.1 Å². The van der Waals surface area contributed by atoms with Crippen molar-refractivity contribution in [3.05, 3.63) is 17.3 Å². The molecular weight excluding hydrogens is 266 g/mol. The summed E-state index contributed by atoms with van der Waals surface area (Å²) in [5.74, 6) is 0.814. The van der Waals surface area contributed by atoms with Gasteiger partial charge in [0, 0.05) is 13.0 Å². The van der Waals surface area contributed by atoms with Gasteiger partial charge in [-0.3, -0.25) is 4.79 Å². The van der Waals surface area contributed by atoms with Crippen LogP contribution in [0, 0.1) is 11.8 Å². The Bertz CT molecular complexity index is 395. The highest BCUT2D eigenvalue weighted by atomic mass is 35.5. The van der Waals surface area contributed by atoms with E-state index in [0.29, 0.717) is 29.2 Å². The zero-order chi connectivity index (χ0) is 14.3. The van der Waals surface area contributed by atoms with E-state index in [1.54, 1.807) is 12.1 Å². The number of aromatic nitrogens is 2. The predicted molar refractivity (Wildman–Crippen MR) is 75.3 cm³/mol. The Labute approximate surface area is 118 Å². The summed E-state index contributed by atoms with van der Waals surface area (Å²) in [5, 5.41) is 19.9. The van der Waals surface area contributed by atoms with Gasteiger partial charge in [-0.1, -0.05) is 25.4 Å². The molecule has 106 valence electrons. The first kappa shape index (κ1) is 15.7. The van der Waals surface area contributed by atoms with Crippen LogP contribution in [0.5, 0.6) is 0 Å². The Morgan fingerprint density at radius 3 is 2.63 bits per heavy atom. The number of rotatable bonds is 8. The zero-order valence-electron chi connectivity index (χ0n) is 11.3. The number of nitrogens with zero attached hydrogens (tertiary/aromatic N) is 2. The van der Waals surface area contributed by atoms with E-state index in [4.69, 9.17) is 16.7 Å². The van der Waals surface area contributed by atoms with E-state index >= 15 is 0 Å². The van der Waals surface area contributed by atoms with Crippen LogP contribution < -0.4 is 5.32 Å². The molecule has 0 radical (unpaired) electrons. The fourth-order valence-electron chi connectivity index (χ4n) is 1.92. The second kappa shape index (κ2) is 7.94. The van der Waals surface area contributed by atoms with E-state index in [1.165, 1.54) is 0 Å². The maximum absolute atomic E-state index is 10.6. The van der Waals surface area contributed by atoms with Crippen LogP contribution in [0.15, 0.2) is 12.1 Å². The molecule has 2 N–H and O–H groups in total. The summed E-state index contributed by atoms with van der Waals surface area (Å²) < 4.78 is 0. The summed E-state index contributed by atoms with van der Waals surface area (Å²) in [6, 6.07) is 3.46. The van der Waals surface area contributed by atoms with Crippen LogP contribution in [-0.4, -0.2) is 27.8 Å². The summed E-state index contributed by atoms with van der Waals surface area (Å²) in [5.41, 5.74) is 0. The zero-order valence-corrected chi connectivity index (χ0v) is 12.0. The molecule has 1 aromatic heterocycles. The van der Waals surface area contributed by atoms with Gasteiger partial charge < -0.3 is 10.4 Å². The third-order valence-corrected chi connectivity index (χ3v) is 3.33. The van der Waals surface area contributed by atoms with Crippen LogP contribution >= 0.6 is 11.6 Å². The Morgan fingerprint density at radius 1 is 1.37 bits per heavy atom. The highest BCUT2D eigenvalue weighted by Gasteiger charge is 2.14. The Hall–Kier alpha value is -1.36. The third kappa shape index (κ3) is 6.38. The van der Waals surface area contributed by atoms with Gasteiger partial charge in [-0.05, 0) is 36.8 Å². The van der Waals surface area contributed by atoms with Crippen molar-refractivity contribution in [1.82, 2.24) is 10.2 Å². The van der Waals surface area contributed by atoms with E-state index in [1.807, 2.05) is 0 Å². The van der Waals surface area contributed by atoms with Gasteiger partial charge in [0.1, 0.15) is 5.82 Å². The maximum atomic E-state index is 10.6. The standard InChI is InChI=1S/C13H20ClN3O2/c1-9(2)10(3-6-13(18)19)7-8-15-12-5-4-11(14)16-17-12/h4-5,9-10H,3,6-8H2,1-2H3,(H,15,17)(H,18,19). The van der Waals surface area contributed by atoms with Crippen molar-refractivity contribution in [3.8, 4) is 0 Å². The molecule has 0 aliphatic heterocycles. The first-order valence-electron chi connectivity index (χ1n) is 6.44. The molecule has 1 atom stereocenters. The summed E-state index contributed by atoms with van der Waals surface area (Å²) in [6.45, 7) is 4.99. The second-order valence-electron chi connectivity index (χ2n) is 4.89. The van der Waals surface area contributed by atoms with Crippen molar-refractivity contribution in [3.63, 3.8) is 0 Å². The summed E-state index contributed by atoms with van der Waals surface area (Å²) in [4.78, 5) is 10.6. The van der Waals surface area contributed by atoms with Crippen molar-refractivity contribution in [2.45, 2.75) is 33.1 Å². The molecule has 0 fully saturated rings. The normalized spacial score (nSPS) is 12.4. The second-order valence-corrected chi connectivity index (χ2v) is 5.28. The smallest absolute Gasteiger partial charge is 0.303 e. The number of aliphatic carboxylic acids is 1.